The summed E-state index contributed by atoms with van der Waals surface area (Å²) in [5, 5.41) is 0. The van der Waals surface area contributed by atoms with Crippen LogP contribution >= 0.6 is 0 Å². The maximum absolute atomic E-state index is 11.8. The first-order chi connectivity index (χ1) is 9.13. The number of carbonyl (C=O) groups excluding carboxylic acids is 1. The second-order valence-electron chi connectivity index (χ2n) is 5.44. The van der Waals surface area contributed by atoms with Gasteiger partial charge in [-0.15, -0.1) is 0 Å². The zero-order chi connectivity index (χ0) is 13.7. The predicted molar refractivity (Wildman–Crippen MR) is 74.4 cm³/mol. The summed E-state index contributed by atoms with van der Waals surface area (Å²) < 4.78 is 5.28. The molecule has 0 bridgehead atoms. The van der Waals surface area contributed by atoms with Gasteiger partial charge < -0.3 is 10.5 Å². The van der Waals surface area contributed by atoms with Crippen molar-refractivity contribution in [2.45, 2.75) is 26.0 Å². The average Bonchev–Trinajstić information content (AvgIpc) is 2.36. The molecule has 2 N–H and O–H groups in total. The van der Waals surface area contributed by atoms with Crippen LogP contribution in [0, 0.1) is 5.92 Å². The Morgan fingerprint density at radius 2 is 2.11 bits per heavy atom. The van der Waals surface area contributed by atoms with E-state index in [0.29, 0.717) is 19.1 Å². The van der Waals surface area contributed by atoms with Crippen molar-refractivity contribution in [3.05, 3.63) is 35.9 Å². The number of esters is 1. The van der Waals surface area contributed by atoms with E-state index in [1.54, 1.807) is 0 Å². The molecule has 0 saturated carbocycles. The van der Waals surface area contributed by atoms with Gasteiger partial charge in [0.2, 0.25) is 0 Å². The Bertz CT molecular complexity index is 398. The van der Waals surface area contributed by atoms with Crippen LogP contribution in [0.1, 0.15) is 18.9 Å². The lowest BCUT2D eigenvalue weighted by atomic mass is 9.97. The molecule has 0 aliphatic carbocycles. The number of rotatable bonds is 4. The number of benzene rings is 1. The van der Waals surface area contributed by atoms with Crippen LogP contribution in [0.4, 0.5) is 0 Å². The van der Waals surface area contributed by atoms with Gasteiger partial charge in [0.15, 0.2) is 0 Å². The smallest absolute Gasteiger partial charge is 0.320 e. The first kappa shape index (κ1) is 14.0. The van der Waals surface area contributed by atoms with Crippen LogP contribution in [-0.2, 0) is 16.1 Å². The molecule has 2 unspecified atom stereocenters. The van der Waals surface area contributed by atoms with E-state index in [4.69, 9.17) is 10.5 Å². The number of piperidine rings is 1. The van der Waals surface area contributed by atoms with Crippen molar-refractivity contribution >= 4 is 5.97 Å². The van der Waals surface area contributed by atoms with E-state index in [0.717, 1.165) is 25.1 Å². The monoisotopic (exact) mass is 262 g/mol. The van der Waals surface area contributed by atoms with Gasteiger partial charge in [0, 0.05) is 19.1 Å². The summed E-state index contributed by atoms with van der Waals surface area (Å²) in [6.07, 6.45) is 1.04. The van der Waals surface area contributed by atoms with Gasteiger partial charge in [0.25, 0.3) is 0 Å². The fraction of sp³-hybridized carbons (Fsp3) is 0.533. The van der Waals surface area contributed by atoms with Gasteiger partial charge in [-0.05, 0) is 17.9 Å². The molecule has 0 amide bonds. The third-order valence-corrected chi connectivity index (χ3v) is 3.36. The van der Waals surface area contributed by atoms with Crippen LogP contribution in [0.15, 0.2) is 30.3 Å². The predicted octanol–water partition coefficient (Wildman–Crippen LogP) is 1.40. The highest BCUT2D eigenvalue weighted by Crippen LogP contribution is 2.14. The van der Waals surface area contributed by atoms with Crippen molar-refractivity contribution in [3.8, 4) is 0 Å². The number of nitrogens with zero attached hydrogens (tertiary/aromatic N) is 1. The zero-order valence-corrected chi connectivity index (χ0v) is 11.4. The lowest BCUT2D eigenvalue weighted by molar-refractivity contribution is -0.146. The Kier molecular flexibility index (Phi) is 4.93. The minimum Gasteiger partial charge on any atom is -0.460 e. The molecule has 0 aromatic heterocycles. The Labute approximate surface area is 114 Å². The van der Waals surface area contributed by atoms with Gasteiger partial charge >= 0.3 is 5.97 Å². The van der Waals surface area contributed by atoms with Gasteiger partial charge in [-0.3, -0.25) is 9.69 Å². The second-order valence-corrected chi connectivity index (χ2v) is 5.44. The molecule has 19 heavy (non-hydrogen) atoms. The molecule has 1 aromatic carbocycles. The topological polar surface area (TPSA) is 55.6 Å². The normalized spacial score (nSPS) is 24.1. The molecule has 2 atom stereocenters. The molecule has 1 saturated heterocycles. The van der Waals surface area contributed by atoms with Gasteiger partial charge in [0.1, 0.15) is 6.61 Å². The van der Waals surface area contributed by atoms with Crippen LogP contribution in [0.3, 0.4) is 0 Å². The fourth-order valence-corrected chi connectivity index (χ4v) is 2.61. The summed E-state index contributed by atoms with van der Waals surface area (Å²) in [6.45, 7) is 4.56. The lowest BCUT2D eigenvalue weighted by Crippen LogP contribution is -2.48. The Hall–Kier alpha value is -1.39. The molecular formula is C15H22N2O2. The standard InChI is InChI=1S/C15H22N2O2/c1-12-7-14(16)9-17(8-12)10-15(18)19-11-13-5-3-2-4-6-13/h2-6,12,14H,7-11,16H2,1H3. The molecule has 2 rings (SSSR count). The summed E-state index contributed by atoms with van der Waals surface area (Å²) in [5.74, 6) is 0.371. The van der Waals surface area contributed by atoms with Crippen molar-refractivity contribution < 1.29 is 9.53 Å². The number of likely N-dealkylation sites (tertiary alicyclic amines) is 1. The molecule has 1 aliphatic heterocycles. The van der Waals surface area contributed by atoms with Crippen LogP contribution in [0.25, 0.3) is 0 Å². The SMILES string of the molecule is CC1CC(N)CN(CC(=O)OCc2ccccc2)C1. The fourth-order valence-electron chi connectivity index (χ4n) is 2.61. The van der Waals surface area contributed by atoms with Crippen molar-refractivity contribution in [1.29, 1.82) is 0 Å². The van der Waals surface area contributed by atoms with Gasteiger partial charge in [-0.1, -0.05) is 37.3 Å². The van der Waals surface area contributed by atoms with Crippen LogP contribution in [0.5, 0.6) is 0 Å². The molecule has 104 valence electrons. The summed E-state index contributed by atoms with van der Waals surface area (Å²) in [4.78, 5) is 13.9. The maximum atomic E-state index is 11.8. The van der Waals surface area contributed by atoms with E-state index >= 15 is 0 Å². The van der Waals surface area contributed by atoms with Crippen LogP contribution < -0.4 is 5.73 Å². The van der Waals surface area contributed by atoms with E-state index < -0.39 is 0 Å². The Morgan fingerprint density at radius 1 is 1.37 bits per heavy atom. The summed E-state index contributed by atoms with van der Waals surface area (Å²) in [7, 11) is 0. The van der Waals surface area contributed by atoms with E-state index in [9.17, 15) is 4.79 Å². The Morgan fingerprint density at radius 3 is 2.79 bits per heavy atom. The molecular weight excluding hydrogens is 240 g/mol. The summed E-state index contributed by atoms with van der Waals surface area (Å²) in [6, 6.07) is 9.90. The van der Waals surface area contributed by atoms with E-state index in [-0.39, 0.29) is 12.0 Å². The van der Waals surface area contributed by atoms with Crippen molar-refractivity contribution in [2.75, 3.05) is 19.6 Å². The zero-order valence-electron chi connectivity index (χ0n) is 11.4. The largest absolute Gasteiger partial charge is 0.460 e. The maximum Gasteiger partial charge on any atom is 0.320 e. The second kappa shape index (κ2) is 6.68. The number of ether oxygens (including phenoxy) is 1. The molecule has 1 fully saturated rings. The summed E-state index contributed by atoms with van der Waals surface area (Å²) >= 11 is 0. The highest BCUT2D eigenvalue weighted by atomic mass is 16.5. The van der Waals surface area contributed by atoms with Crippen molar-refractivity contribution in [3.63, 3.8) is 0 Å². The molecule has 1 aliphatic rings. The average molecular weight is 262 g/mol. The van der Waals surface area contributed by atoms with E-state index in [1.807, 2.05) is 30.3 Å². The third kappa shape index (κ3) is 4.65. The number of hydrogen-bond acceptors (Lipinski definition) is 4. The minimum atomic E-state index is -0.176. The summed E-state index contributed by atoms with van der Waals surface area (Å²) in [5.41, 5.74) is 6.98. The van der Waals surface area contributed by atoms with E-state index in [2.05, 4.69) is 11.8 Å². The van der Waals surface area contributed by atoms with Crippen LogP contribution in [-0.4, -0.2) is 36.5 Å². The van der Waals surface area contributed by atoms with Crippen LogP contribution in [0.2, 0.25) is 0 Å². The molecule has 4 nitrogen and oxygen atoms in total. The van der Waals surface area contributed by atoms with Gasteiger partial charge in [0.05, 0.1) is 6.54 Å². The van der Waals surface area contributed by atoms with Gasteiger partial charge in [-0.25, -0.2) is 0 Å². The Balaban J connectivity index is 1.75. The molecule has 0 radical (unpaired) electrons. The molecule has 0 spiro atoms. The first-order valence-electron chi connectivity index (χ1n) is 6.81. The number of nitrogens with two attached hydrogens (primary N) is 1. The first-order valence-corrected chi connectivity index (χ1v) is 6.81. The molecule has 4 heteroatoms. The van der Waals surface area contributed by atoms with E-state index in [1.165, 1.54) is 0 Å². The molecule has 1 heterocycles. The highest BCUT2D eigenvalue weighted by molar-refractivity contribution is 5.71. The van der Waals surface area contributed by atoms with Gasteiger partial charge in [-0.2, -0.15) is 0 Å². The number of hydrogen-bond donors (Lipinski definition) is 1. The number of carbonyl (C=O) groups is 1. The van der Waals surface area contributed by atoms with Crippen molar-refractivity contribution in [1.82, 2.24) is 4.90 Å². The van der Waals surface area contributed by atoms with Crippen molar-refractivity contribution in [2.24, 2.45) is 11.7 Å². The minimum absolute atomic E-state index is 0.172. The molecule has 1 aromatic rings. The lowest BCUT2D eigenvalue weighted by Gasteiger charge is -2.33. The highest BCUT2D eigenvalue weighted by Gasteiger charge is 2.23. The third-order valence-electron chi connectivity index (χ3n) is 3.36. The quantitative estimate of drug-likeness (QED) is 0.833.